The largest absolute Gasteiger partial charge is 0.479 e. The third-order valence-corrected chi connectivity index (χ3v) is 2.59. The van der Waals surface area contributed by atoms with Crippen LogP contribution in [0.3, 0.4) is 0 Å². The Morgan fingerprint density at radius 1 is 1.18 bits per heavy atom. The minimum absolute atomic E-state index is 0.503. The van der Waals surface area contributed by atoms with E-state index in [4.69, 9.17) is 9.84 Å². The zero-order valence-corrected chi connectivity index (χ0v) is 11.2. The summed E-state index contributed by atoms with van der Waals surface area (Å²) in [5.74, 6) is -0.839. The maximum Gasteiger partial charge on any atom is 0.332 e. The van der Waals surface area contributed by atoms with Gasteiger partial charge in [-0.25, -0.2) is 4.79 Å². The molecule has 0 aromatic carbocycles. The van der Waals surface area contributed by atoms with Gasteiger partial charge in [-0.3, -0.25) is 0 Å². The summed E-state index contributed by atoms with van der Waals surface area (Å²) in [7, 11) is 0. The van der Waals surface area contributed by atoms with Crippen LogP contribution >= 0.6 is 0 Å². The minimum Gasteiger partial charge on any atom is -0.479 e. The van der Waals surface area contributed by atoms with Gasteiger partial charge in [0.25, 0.3) is 0 Å². The number of rotatable bonds is 11. The summed E-state index contributed by atoms with van der Waals surface area (Å²) in [6, 6.07) is 0. The Morgan fingerprint density at radius 2 is 1.82 bits per heavy atom. The molecule has 1 N–H and O–H groups in total. The van der Waals surface area contributed by atoms with Gasteiger partial charge in [-0.2, -0.15) is 0 Å². The molecule has 1 atom stereocenters. The molecule has 0 saturated heterocycles. The average molecular weight is 242 g/mol. The summed E-state index contributed by atoms with van der Waals surface area (Å²) in [5.41, 5.74) is 0. The van der Waals surface area contributed by atoms with E-state index in [2.05, 4.69) is 26.0 Å². The molecule has 1 unspecified atom stereocenters. The van der Waals surface area contributed by atoms with Crippen LogP contribution < -0.4 is 0 Å². The van der Waals surface area contributed by atoms with Crippen molar-refractivity contribution in [3.8, 4) is 0 Å². The van der Waals surface area contributed by atoms with E-state index in [1.807, 2.05) is 0 Å². The Bertz CT molecular complexity index is 212. The Hall–Kier alpha value is -0.830. The molecule has 0 aliphatic rings. The van der Waals surface area contributed by atoms with Crippen molar-refractivity contribution in [2.45, 2.75) is 64.9 Å². The molecular formula is C14H26O3. The normalized spacial score (nSPS) is 13.1. The van der Waals surface area contributed by atoms with Crippen LogP contribution in [0.2, 0.25) is 0 Å². The van der Waals surface area contributed by atoms with E-state index in [1.54, 1.807) is 0 Å². The van der Waals surface area contributed by atoms with Crippen molar-refractivity contribution in [3.63, 3.8) is 0 Å². The van der Waals surface area contributed by atoms with Gasteiger partial charge >= 0.3 is 5.97 Å². The number of carboxylic acids is 1. The molecule has 17 heavy (non-hydrogen) atoms. The molecule has 0 aromatic rings. The highest BCUT2D eigenvalue weighted by atomic mass is 16.5. The van der Waals surface area contributed by atoms with Crippen molar-refractivity contribution in [2.24, 2.45) is 0 Å². The van der Waals surface area contributed by atoms with Gasteiger partial charge in [0.1, 0.15) is 0 Å². The van der Waals surface area contributed by atoms with Crippen molar-refractivity contribution in [1.82, 2.24) is 0 Å². The fourth-order valence-electron chi connectivity index (χ4n) is 1.50. The lowest BCUT2D eigenvalue weighted by Crippen LogP contribution is -2.24. The number of hydrogen-bond donors (Lipinski definition) is 1. The fourth-order valence-corrected chi connectivity index (χ4v) is 1.50. The first kappa shape index (κ1) is 16.2. The van der Waals surface area contributed by atoms with Gasteiger partial charge in [0.05, 0.1) is 6.61 Å². The van der Waals surface area contributed by atoms with Gasteiger partial charge in [-0.1, -0.05) is 51.7 Å². The number of allylic oxidation sites excluding steroid dienone is 1. The lowest BCUT2D eigenvalue weighted by Gasteiger charge is -2.12. The maximum atomic E-state index is 10.9. The highest BCUT2D eigenvalue weighted by molar-refractivity contribution is 5.72. The number of hydrogen-bond acceptors (Lipinski definition) is 2. The summed E-state index contributed by atoms with van der Waals surface area (Å²) in [6.07, 6.45) is 10.5. The van der Waals surface area contributed by atoms with E-state index in [0.717, 1.165) is 25.7 Å². The number of carboxylic acid groups (broad SMARTS) is 1. The molecule has 0 amide bonds. The van der Waals surface area contributed by atoms with E-state index in [1.165, 1.54) is 12.8 Å². The molecule has 0 aliphatic heterocycles. The quantitative estimate of drug-likeness (QED) is 0.443. The standard InChI is InChI=1S/C14H26O3/c1-3-5-7-8-9-10-12-17-13(14(15)16)11-6-4-2/h8-9,13H,3-7,10-12H2,1-2H3,(H,15,16)/b9-8-. The summed E-state index contributed by atoms with van der Waals surface area (Å²) in [4.78, 5) is 10.9. The van der Waals surface area contributed by atoms with Crippen LogP contribution in [0.1, 0.15) is 58.8 Å². The van der Waals surface area contributed by atoms with Crippen molar-refractivity contribution < 1.29 is 14.6 Å². The van der Waals surface area contributed by atoms with Crippen molar-refractivity contribution in [2.75, 3.05) is 6.61 Å². The van der Waals surface area contributed by atoms with Gasteiger partial charge in [0.15, 0.2) is 6.10 Å². The zero-order valence-electron chi connectivity index (χ0n) is 11.2. The van der Waals surface area contributed by atoms with Gasteiger partial charge in [0, 0.05) is 0 Å². The molecule has 0 aromatic heterocycles. The van der Waals surface area contributed by atoms with Crippen LogP contribution in [-0.2, 0) is 9.53 Å². The second-order valence-electron chi connectivity index (χ2n) is 4.24. The molecule has 0 fully saturated rings. The molecule has 0 heterocycles. The van der Waals surface area contributed by atoms with Crippen molar-refractivity contribution in [1.29, 1.82) is 0 Å². The van der Waals surface area contributed by atoms with Gasteiger partial charge < -0.3 is 9.84 Å². The molecular weight excluding hydrogens is 216 g/mol. The minimum atomic E-state index is -0.839. The number of carbonyl (C=O) groups is 1. The van der Waals surface area contributed by atoms with Crippen molar-refractivity contribution >= 4 is 5.97 Å². The topological polar surface area (TPSA) is 46.5 Å². The Kier molecular flexibility index (Phi) is 11.1. The molecule has 0 saturated carbocycles. The Balaban J connectivity index is 3.60. The molecule has 0 radical (unpaired) electrons. The third-order valence-electron chi connectivity index (χ3n) is 2.59. The van der Waals surface area contributed by atoms with E-state index in [9.17, 15) is 4.79 Å². The van der Waals surface area contributed by atoms with E-state index >= 15 is 0 Å². The highest BCUT2D eigenvalue weighted by Crippen LogP contribution is 2.06. The van der Waals surface area contributed by atoms with Crippen LogP contribution in [-0.4, -0.2) is 23.8 Å². The van der Waals surface area contributed by atoms with Crippen LogP contribution in [0.5, 0.6) is 0 Å². The molecule has 0 bridgehead atoms. The van der Waals surface area contributed by atoms with Crippen molar-refractivity contribution in [3.05, 3.63) is 12.2 Å². The SMILES string of the molecule is CCCC/C=C\CCOC(CCCC)C(=O)O. The summed E-state index contributed by atoms with van der Waals surface area (Å²) < 4.78 is 5.36. The predicted molar refractivity (Wildman–Crippen MR) is 70.2 cm³/mol. The maximum absolute atomic E-state index is 10.9. The Morgan fingerprint density at radius 3 is 2.41 bits per heavy atom. The molecule has 0 aliphatic carbocycles. The first-order valence-corrected chi connectivity index (χ1v) is 6.71. The molecule has 3 heteroatoms. The number of ether oxygens (including phenoxy) is 1. The zero-order chi connectivity index (χ0) is 12.9. The molecule has 3 nitrogen and oxygen atoms in total. The second kappa shape index (κ2) is 11.6. The molecule has 0 spiro atoms. The van der Waals surface area contributed by atoms with E-state index < -0.39 is 12.1 Å². The smallest absolute Gasteiger partial charge is 0.332 e. The predicted octanol–water partition coefficient (Wildman–Crippen LogP) is 3.78. The van der Waals surface area contributed by atoms with Crippen LogP contribution in [0, 0.1) is 0 Å². The van der Waals surface area contributed by atoms with Crippen LogP contribution in [0.25, 0.3) is 0 Å². The fraction of sp³-hybridized carbons (Fsp3) is 0.786. The van der Waals surface area contributed by atoms with Crippen LogP contribution in [0.4, 0.5) is 0 Å². The average Bonchev–Trinajstić information content (AvgIpc) is 2.31. The summed E-state index contributed by atoms with van der Waals surface area (Å²) >= 11 is 0. The monoisotopic (exact) mass is 242 g/mol. The van der Waals surface area contributed by atoms with Crippen LogP contribution in [0.15, 0.2) is 12.2 Å². The lowest BCUT2D eigenvalue weighted by atomic mass is 10.1. The van der Waals surface area contributed by atoms with Gasteiger partial charge in [-0.15, -0.1) is 0 Å². The summed E-state index contributed by atoms with van der Waals surface area (Å²) in [6.45, 7) is 4.72. The van der Waals surface area contributed by atoms with Gasteiger partial charge in [-0.05, 0) is 19.3 Å². The van der Waals surface area contributed by atoms with E-state index in [0.29, 0.717) is 13.0 Å². The first-order chi connectivity index (χ1) is 8.22. The summed E-state index contributed by atoms with van der Waals surface area (Å²) in [5, 5.41) is 8.93. The third kappa shape index (κ3) is 10.1. The number of unbranched alkanes of at least 4 members (excludes halogenated alkanes) is 3. The van der Waals surface area contributed by atoms with Gasteiger partial charge in [0.2, 0.25) is 0 Å². The van der Waals surface area contributed by atoms with E-state index in [-0.39, 0.29) is 0 Å². The lowest BCUT2D eigenvalue weighted by molar-refractivity contribution is -0.150. The molecule has 0 rings (SSSR count). The first-order valence-electron chi connectivity index (χ1n) is 6.71. The highest BCUT2D eigenvalue weighted by Gasteiger charge is 2.16. The Labute approximate surface area is 105 Å². The number of aliphatic carboxylic acids is 1. The molecule has 100 valence electrons. The second-order valence-corrected chi connectivity index (χ2v) is 4.24.